The summed E-state index contributed by atoms with van der Waals surface area (Å²) in [5.74, 6) is 0.354. The summed E-state index contributed by atoms with van der Waals surface area (Å²) in [7, 11) is 0. The van der Waals surface area contributed by atoms with Crippen LogP contribution in [-0.2, 0) is 13.0 Å². The fourth-order valence-electron chi connectivity index (χ4n) is 3.64. The molecule has 0 bridgehead atoms. The van der Waals surface area contributed by atoms with Gasteiger partial charge >= 0.3 is 0 Å². The molecule has 0 spiro atoms. The number of hydrogen-bond acceptors (Lipinski definition) is 4. The monoisotopic (exact) mass is 361 g/mol. The van der Waals surface area contributed by atoms with E-state index >= 15 is 0 Å². The predicted molar refractivity (Wildman–Crippen MR) is 104 cm³/mol. The van der Waals surface area contributed by atoms with Crippen LogP contribution in [0.2, 0.25) is 0 Å². The Bertz CT molecular complexity index is 920. The summed E-state index contributed by atoms with van der Waals surface area (Å²) >= 11 is 0. The Balaban J connectivity index is 1.39. The first-order chi connectivity index (χ1) is 13.2. The third-order valence-corrected chi connectivity index (χ3v) is 4.97. The molecule has 0 fully saturated rings. The highest BCUT2D eigenvalue weighted by molar-refractivity contribution is 5.99. The lowest BCUT2D eigenvalue weighted by atomic mass is 9.99. The lowest BCUT2D eigenvalue weighted by molar-refractivity contribution is 0.0927. The number of amides is 1. The standard InChI is InChI=1S/C22H23N3O2/c1-16(14-25-12-11-17-7-5-6-10-19(17)15-25)24-22(26)20-13-23-27-21(20)18-8-3-2-4-9-18/h2-10,13,16H,11-12,14-15H2,1H3,(H,24,26). The molecule has 1 aliphatic rings. The normalized spacial score (nSPS) is 15.1. The first-order valence-corrected chi connectivity index (χ1v) is 9.31. The fraction of sp³-hybridized carbons (Fsp3) is 0.273. The summed E-state index contributed by atoms with van der Waals surface area (Å²) in [5, 5.41) is 6.90. The number of fused-ring (bicyclic) bond motifs is 1. The smallest absolute Gasteiger partial charge is 0.257 e. The molecule has 1 atom stereocenters. The summed E-state index contributed by atoms with van der Waals surface area (Å²) < 4.78 is 5.32. The van der Waals surface area contributed by atoms with Crippen molar-refractivity contribution in [2.75, 3.05) is 13.1 Å². The van der Waals surface area contributed by atoms with E-state index in [1.165, 1.54) is 17.3 Å². The topological polar surface area (TPSA) is 58.4 Å². The van der Waals surface area contributed by atoms with Crippen molar-refractivity contribution in [3.05, 3.63) is 77.5 Å². The molecule has 1 unspecified atom stereocenters. The highest BCUT2D eigenvalue weighted by atomic mass is 16.5. The Morgan fingerprint density at radius 1 is 1.15 bits per heavy atom. The van der Waals surface area contributed by atoms with Crippen molar-refractivity contribution in [2.24, 2.45) is 0 Å². The Kier molecular flexibility index (Phi) is 5.03. The van der Waals surface area contributed by atoms with Crippen LogP contribution in [0, 0.1) is 0 Å². The number of hydrogen-bond donors (Lipinski definition) is 1. The van der Waals surface area contributed by atoms with E-state index in [2.05, 4.69) is 39.6 Å². The molecular formula is C22H23N3O2. The number of benzene rings is 2. The average Bonchev–Trinajstić information content (AvgIpc) is 3.18. The average molecular weight is 361 g/mol. The summed E-state index contributed by atoms with van der Waals surface area (Å²) in [6, 6.07) is 18.2. The number of nitrogens with zero attached hydrogens (tertiary/aromatic N) is 2. The molecular weight excluding hydrogens is 338 g/mol. The van der Waals surface area contributed by atoms with Crippen molar-refractivity contribution in [2.45, 2.75) is 25.9 Å². The van der Waals surface area contributed by atoms with E-state index in [9.17, 15) is 4.79 Å². The van der Waals surface area contributed by atoms with Gasteiger partial charge in [-0.25, -0.2) is 0 Å². The highest BCUT2D eigenvalue weighted by Crippen LogP contribution is 2.23. The molecule has 5 heteroatoms. The summed E-state index contributed by atoms with van der Waals surface area (Å²) in [6.45, 7) is 4.79. The van der Waals surface area contributed by atoms with Crippen LogP contribution in [0.5, 0.6) is 0 Å². The van der Waals surface area contributed by atoms with E-state index in [1.807, 2.05) is 37.3 Å². The molecule has 0 saturated heterocycles. The molecule has 1 aromatic heterocycles. The van der Waals surface area contributed by atoms with Gasteiger partial charge in [0.2, 0.25) is 0 Å². The molecule has 0 radical (unpaired) electrons. The van der Waals surface area contributed by atoms with Gasteiger partial charge in [-0.3, -0.25) is 9.69 Å². The van der Waals surface area contributed by atoms with Gasteiger partial charge in [0.25, 0.3) is 5.91 Å². The van der Waals surface area contributed by atoms with Crippen LogP contribution in [0.3, 0.4) is 0 Å². The van der Waals surface area contributed by atoms with E-state index in [-0.39, 0.29) is 11.9 Å². The van der Waals surface area contributed by atoms with Gasteiger partial charge in [-0.1, -0.05) is 59.8 Å². The maximum Gasteiger partial charge on any atom is 0.257 e. The molecule has 2 heterocycles. The second-order valence-corrected chi connectivity index (χ2v) is 7.06. The van der Waals surface area contributed by atoms with E-state index in [1.54, 1.807) is 0 Å². The molecule has 4 rings (SSSR count). The molecule has 1 aliphatic heterocycles. The number of aromatic nitrogens is 1. The predicted octanol–water partition coefficient (Wildman–Crippen LogP) is 3.52. The van der Waals surface area contributed by atoms with Gasteiger partial charge in [-0.2, -0.15) is 0 Å². The minimum absolute atomic E-state index is 0.0290. The van der Waals surface area contributed by atoms with Gasteiger partial charge in [0.05, 0.1) is 6.20 Å². The molecule has 0 aliphatic carbocycles. The van der Waals surface area contributed by atoms with E-state index < -0.39 is 0 Å². The van der Waals surface area contributed by atoms with Gasteiger partial charge in [0.15, 0.2) is 5.76 Å². The lowest BCUT2D eigenvalue weighted by Gasteiger charge is -2.31. The molecule has 1 N–H and O–H groups in total. The first-order valence-electron chi connectivity index (χ1n) is 9.31. The Labute approximate surface area is 159 Å². The molecule has 138 valence electrons. The van der Waals surface area contributed by atoms with Crippen LogP contribution in [0.15, 0.2) is 65.3 Å². The number of rotatable bonds is 5. The van der Waals surface area contributed by atoms with Gasteiger partial charge in [0, 0.05) is 31.2 Å². The van der Waals surface area contributed by atoms with Crippen LogP contribution < -0.4 is 5.32 Å². The van der Waals surface area contributed by atoms with Crippen LogP contribution in [0.25, 0.3) is 11.3 Å². The third kappa shape index (κ3) is 3.93. The molecule has 0 saturated carbocycles. The van der Waals surface area contributed by atoms with Crippen molar-refractivity contribution in [1.29, 1.82) is 0 Å². The SMILES string of the molecule is CC(CN1CCc2ccccc2C1)NC(=O)c1cnoc1-c1ccccc1. The Morgan fingerprint density at radius 2 is 1.89 bits per heavy atom. The zero-order valence-corrected chi connectivity index (χ0v) is 15.4. The van der Waals surface area contributed by atoms with Crippen LogP contribution in [-0.4, -0.2) is 35.1 Å². The van der Waals surface area contributed by atoms with Crippen LogP contribution in [0.4, 0.5) is 0 Å². The summed E-state index contributed by atoms with van der Waals surface area (Å²) in [6.07, 6.45) is 2.54. The van der Waals surface area contributed by atoms with Gasteiger partial charge in [-0.05, 0) is 24.5 Å². The van der Waals surface area contributed by atoms with E-state index in [0.29, 0.717) is 11.3 Å². The number of carbonyl (C=O) groups excluding carboxylic acids is 1. The highest BCUT2D eigenvalue weighted by Gasteiger charge is 2.22. The first kappa shape index (κ1) is 17.5. The zero-order chi connectivity index (χ0) is 18.6. The second-order valence-electron chi connectivity index (χ2n) is 7.06. The van der Waals surface area contributed by atoms with Crippen LogP contribution >= 0.6 is 0 Å². The van der Waals surface area contributed by atoms with Gasteiger partial charge in [0.1, 0.15) is 5.56 Å². The minimum Gasteiger partial charge on any atom is -0.355 e. The molecule has 2 aromatic carbocycles. The minimum atomic E-state index is -0.153. The van der Waals surface area contributed by atoms with Gasteiger partial charge < -0.3 is 9.84 Å². The maximum atomic E-state index is 12.7. The van der Waals surface area contributed by atoms with Crippen molar-refractivity contribution in [3.63, 3.8) is 0 Å². The molecule has 1 amide bonds. The lowest BCUT2D eigenvalue weighted by Crippen LogP contribution is -2.43. The quantitative estimate of drug-likeness (QED) is 0.755. The number of nitrogens with one attached hydrogen (secondary N) is 1. The van der Waals surface area contributed by atoms with E-state index in [4.69, 9.17) is 4.52 Å². The van der Waals surface area contributed by atoms with Crippen molar-refractivity contribution in [3.8, 4) is 11.3 Å². The largest absolute Gasteiger partial charge is 0.355 e. The molecule has 5 nitrogen and oxygen atoms in total. The van der Waals surface area contributed by atoms with Crippen LogP contribution in [0.1, 0.15) is 28.4 Å². The Hall–Kier alpha value is -2.92. The fourth-order valence-corrected chi connectivity index (χ4v) is 3.64. The van der Waals surface area contributed by atoms with E-state index in [0.717, 1.165) is 31.6 Å². The Morgan fingerprint density at radius 3 is 2.70 bits per heavy atom. The zero-order valence-electron chi connectivity index (χ0n) is 15.4. The van der Waals surface area contributed by atoms with Crippen molar-refractivity contribution >= 4 is 5.91 Å². The summed E-state index contributed by atoms with van der Waals surface area (Å²) in [4.78, 5) is 15.1. The second kappa shape index (κ2) is 7.76. The van der Waals surface area contributed by atoms with Crippen molar-refractivity contribution < 1.29 is 9.32 Å². The van der Waals surface area contributed by atoms with Crippen molar-refractivity contribution in [1.82, 2.24) is 15.4 Å². The molecule has 27 heavy (non-hydrogen) atoms. The third-order valence-electron chi connectivity index (χ3n) is 4.97. The number of carbonyl (C=O) groups is 1. The molecule has 3 aromatic rings. The summed E-state index contributed by atoms with van der Waals surface area (Å²) in [5.41, 5.74) is 4.13. The maximum absolute atomic E-state index is 12.7. The van der Waals surface area contributed by atoms with Gasteiger partial charge in [-0.15, -0.1) is 0 Å².